The molecule has 0 saturated carbocycles. The highest BCUT2D eigenvalue weighted by Gasteiger charge is 2.09. The van der Waals surface area contributed by atoms with Crippen LogP contribution in [-0.4, -0.2) is 34.1 Å². The number of hydrogen-bond acceptors (Lipinski definition) is 8. The summed E-state index contributed by atoms with van der Waals surface area (Å²) >= 11 is 0. The average Bonchev–Trinajstić information content (AvgIpc) is 2.84. The molecule has 1 aromatic carbocycles. The van der Waals surface area contributed by atoms with E-state index in [-0.39, 0.29) is 24.1 Å². The van der Waals surface area contributed by atoms with E-state index >= 15 is 0 Å². The summed E-state index contributed by atoms with van der Waals surface area (Å²) in [5.74, 6) is -0.436. The topological polar surface area (TPSA) is 136 Å². The number of hydrogen-bond donors (Lipinski definition) is 3. The summed E-state index contributed by atoms with van der Waals surface area (Å²) in [5, 5.41) is 19.4. The van der Waals surface area contributed by atoms with E-state index in [0.29, 0.717) is 5.56 Å². The number of hydrazone groups is 1. The van der Waals surface area contributed by atoms with E-state index < -0.39 is 5.91 Å². The van der Waals surface area contributed by atoms with Crippen LogP contribution in [0.2, 0.25) is 0 Å². The Morgan fingerprint density at radius 3 is 2.85 bits per heavy atom. The van der Waals surface area contributed by atoms with Crippen LogP contribution in [0.5, 0.6) is 11.6 Å². The number of nitrogen functional groups attached to an aromatic ring is 1. The van der Waals surface area contributed by atoms with Crippen LogP contribution in [0.15, 0.2) is 34.0 Å². The van der Waals surface area contributed by atoms with Crippen LogP contribution >= 0.6 is 0 Å². The number of nitrogens with one attached hydrogen (secondary N) is 1. The number of anilines is 1. The van der Waals surface area contributed by atoms with Crippen LogP contribution in [0.4, 0.5) is 5.82 Å². The lowest BCUT2D eigenvalue weighted by Crippen LogP contribution is -2.24. The van der Waals surface area contributed by atoms with Crippen LogP contribution in [0.3, 0.4) is 0 Å². The molecule has 1 heterocycles. The van der Waals surface area contributed by atoms with Crippen molar-refractivity contribution in [1.29, 1.82) is 0 Å². The number of aromatic nitrogens is 2. The van der Waals surface area contributed by atoms with Gasteiger partial charge in [-0.05, 0) is 40.1 Å². The van der Waals surface area contributed by atoms with Gasteiger partial charge in [-0.1, -0.05) is 0 Å². The number of rotatable bonds is 5. The van der Waals surface area contributed by atoms with Crippen molar-refractivity contribution in [3.05, 3.63) is 29.8 Å². The monoisotopic (exact) mass is 277 g/mol. The van der Waals surface area contributed by atoms with Gasteiger partial charge in [0.05, 0.1) is 6.21 Å². The zero-order valence-electron chi connectivity index (χ0n) is 10.2. The second-order valence-corrected chi connectivity index (χ2v) is 3.63. The van der Waals surface area contributed by atoms with Crippen molar-refractivity contribution < 1.29 is 19.3 Å². The second kappa shape index (κ2) is 6.18. The predicted octanol–water partition coefficient (Wildman–Crippen LogP) is -0.113. The molecule has 0 bridgehead atoms. The lowest BCUT2D eigenvalue weighted by molar-refractivity contribution is -0.123. The van der Waals surface area contributed by atoms with Gasteiger partial charge in [0.25, 0.3) is 5.91 Å². The Kier molecular flexibility index (Phi) is 4.12. The number of phenolic OH excluding ortho intramolecular Hbond substituents is 1. The van der Waals surface area contributed by atoms with Gasteiger partial charge in [-0.25, -0.2) is 10.1 Å². The van der Waals surface area contributed by atoms with E-state index in [4.69, 9.17) is 15.6 Å². The van der Waals surface area contributed by atoms with Crippen molar-refractivity contribution in [1.82, 2.24) is 15.7 Å². The summed E-state index contributed by atoms with van der Waals surface area (Å²) in [5.41, 5.74) is 8.31. The molecule has 1 aromatic heterocycles. The number of aromatic hydroxyl groups is 1. The normalized spacial score (nSPS) is 10.6. The van der Waals surface area contributed by atoms with E-state index in [1.54, 1.807) is 12.1 Å². The van der Waals surface area contributed by atoms with Crippen molar-refractivity contribution in [3.63, 3.8) is 0 Å². The molecule has 0 saturated heterocycles. The Balaban J connectivity index is 1.77. The molecule has 0 unspecified atom stereocenters. The molecule has 104 valence electrons. The molecular formula is C11H11N5O4. The average molecular weight is 277 g/mol. The third-order valence-electron chi connectivity index (χ3n) is 2.12. The first-order valence-electron chi connectivity index (χ1n) is 5.47. The number of nitrogens with zero attached hydrogens (tertiary/aromatic N) is 3. The number of ether oxygens (including phenoxy) is 1. The van der Waals surface area contributed by atoms with E-state index in [2.05, 4.69) is 25.5 Å². The summed E-state index contributed by atoms with van der Waals surface area (Å²) in [6.07, 6.45) is 1.42. The van der Waals surface area contributed by atoms with Gasteiger partial charge in [0.1, 0.15) is 5.75 Å². The number of nitrogens with two attached hydrogens (primary N) is 1. The maximum absolute atomic E-state index is 11.4. The molecular weight excluding hydrogens is 266 g/mol. The van der Waals surface area contributed by atoms with Gasteiger partial charge in [-0.15, -0.1) is 0 Å². The van der Waals surface area contributed by atoms with Crippen LogP contribution in [0, 0.1) is 0 Å². The molecule has 2 rings (SSSR count). The van der Waals surface area contributed by atoms with Crippen molar-refractivity contribution in [2.24, 2.45) is 5.10 Å². The van der Waals surface area contributed by atoms with Gasteiger partial charge in [-0.3, -0.25) is 4.79 Å². The largest absolute Gasteiger partial charge is 0.508 e. The van der Waals surface area contributed by atoms with E-state index in [1.807, 2.05) is 0 Å². The molecule has 0 aliphatic carbocycles. The Hall–Kier alpha value is -3.10. The quantitative estimate of drug-likeness (QED) is 0.512. The SMILES string of the molecule is Nc1nonc1OCC(=O)N/N=C/c1ccc(O)cc1. The zero-order valence-corrected chi connectivity index (χ0v) is 10.2. The summed E-state index contributed by atoms with van der Waals surface area (Å²) in [6, 6.07) is 6.30. The molecule has 0 aliphatic heterocycles. The first-order valence-corrected chi connectivity index (χ1v) is 5.47. The van der Waals surface area contributed by atoms with Gasteiger partial charge in [0, 0.05) is 0 Å². The summed E-state index contributed by atoms with van der Waals surface area (Å²) in [7, 11) is 0. The standard InChI is InChI=1S/C11H11N5O4/c12-10-11(16-20-15-10)19-6-9(18)14-13-5-7-1-3-8(17)4-2-7/h1-5,17H,6H2,(H2,12,15)(H,14,18)/b13-5+. The van der Waals surface area contributed by atoms with E-state index in [0.717, 1.165) is 0 Å². The van der Waals surface area contributed by atoms with Crippen molar-refractivity contribution >= 4 is 17.9 Å². The molecule has 0 atom stereocenters. The summed E-state index contributed by atoms with van der Waals surface area (Å²) in [4.78, 5) is 11.4. The Labute approximate surface area is 113 Å². The third kappa shape index (κ3) is 3.70. The molecule has 0 aliphatic rings. The van der Waals surface area contributed by atoms with Crippen LogP contribution in [0.1, 0.15) is 5.56 Å². The molecule has 9 nitrogen and oxygen atoms in total. The minimum Gasteiger partial charge on any atom is -0.508 e. The van der Waals surface area contributed by atoms with Gasteiger partial charge in [-0.2, -0.15) is 5.10 Å². The highest BCUT2D eigenvalue weighted by Crippen LogP contribution is 2.13. The maximum Gasteiger partial charge on any atom is 0.300 e. The van der Waals surface area contributed by atoms with Crippen LogP contribution < -0.4 is 15.9 Å². The fourth-order valence-electron chi connectivity index (χ4n) is 1.19. The predicted molar refractivity (Wildman–Crippen MR) is 68.0 cm³/mol. The first kappa shape index (κ1) is 13.3. The molecule has 4 N–H and O–H groups in total. The molecule has 9 heteroatoms. The highest BCUT2D eigenvalue weighted by atomic mass is 16.6. The number of amides is 1. The van der Waals surface area contributed by atoms with Crippen molar-refractivity contribution in [2.75, 3.05) is 12.3 Å². The lowest BCUT2D eigenvalue weighted by Gasteiger charge is -2.00. The lowest BCUT2D eigenvalue weighted by atomic mass is 10.2. The number of benzene rings is 1. The van der Waals surface area contributed by atoms with Gasteiger partial charge >= 0.3 is 5.88 Å². The second-order valence-electron chi connectivity index (χ2n) is 3.63. The summed E-state index contributed by atoms with van der Waals surface area (Å²) < 4.78 is 9.24. The minimum atomic E-state index is -0.498. The highest BCUT2D eigenvalue weighted by molar-refractivity contribution is 5.83. The van der Waals surface area contributed by atoms with Crippen molar-refractivity contribution in [3.8, 4) is 11.6 Å². The fraction of sp³-hybridized carbons (Fsp3) is 0.0909. The molecule has 20 heavy (non-hydrogen) atoms. The smallest absolute Gasteiger partial charge is 0.300 e. The Morgan fingerprint density at radius 1 is 1.45 bits per heavy atom. The zero-order chi connectivity index (χ0) is 14.4. The van der Waals surface area contributed by atoms with E-state index in [9.17, 15) is 4.79 Å². The van der Waals surface area contributed by atoms with Crippen molar-refractivity contribution in [2.45, 2.75) is 0 Å². The van der Waals surface area contributed by atoms with Crippen LogP contribution in [0.25, 0.3) is 0 Å². The fourth-order valence-corrected chi connectivity index (χ4v) is 1.19. The number of carbonyl (C=O) groups excluding carboxylic acids is 1. The van der Waals surface area contributed by atoms with Gasteiger partial charge < -0.3 is 15.6 Å². The number of carbonyl (C=O) groups is 1. The summed E-state index contributed by atoms with van der Waals surface area (Å²) in [6.45, 7) is -0.328. The molecule has 0 fully saturated rings. The maximum atomic E-state index is 11.4. The number of phenols is 1. The van der Waals surface area contributed by atoms with Crippen LogP contribution in [-0.2, 0) is 4.79 Å². The van der Waals surface area contributed by atoms with E-state index in [1.165, 1.54) is 18.3 Å². The van der Waals surface area contributed by atoms with Gasteiger partial charge in [0.2, 0.25) is 5.82 Å². The molecule has 0 radical (unpaired) electrons. The first-order chi connectivity index (χ1) is 9.65. The molecule has 0 spiro atoms. The van der Waals surface area contributed by atoms with Gasteiger partial charge in [0.15, 0.2) is 6.61 Å². The Morgan fingerprint density at radius 2 is 2.20 bits per heavy atom. The minimum absolute atomic E-state index is 0.0367. The molecule has 2 aromatic rings. The third-order valence-corrected chi connectivity index (χ3v) is 2.12. The molecule has 1 amide bonds. The Bertz CT molecular complexity index is 608.